The molecule has 2 N–H and O–H groups in total. The fourth-order valence-corrected chi connectivity index (χ4v) is 1.81. The average molecular weight is 289 g/mol. The van der Waals surface area contributed by atoms with E-state index < -0.39 is 20.7 Å². The number of sulfone groups is 1. The summed E-state index contributed by atoms with van der Waals surface area (Å²) in [7, 11) is -3.16. The minimum Gasteiger partial charge on any atom is -0.387 e. The highest BCUT2D eigenvalue weighted by molar-refractivity contribution is 7.92. The van der Waals surface area contributed by atoms with Gasteiger partial charge in [-0.05, 0) is 31.5 Å². The molecule has 108 valence electrons. The molecule has 0 amide bonds. The molecule has 6 heteroatoms. The summed E-state index contributed by atoms with van der Waals surface area (Å²) in [6, 6.07) is 5.56. The molecular weight excluding hydrogens is 269 g/mol. The lowest BCUT2D eigenvalue weighted by Crippen LogP contribution is -2.42. The largest absolute Gasteiger partial charge is 0.387 e. The van der Waals surface area contributed by atoms with Gasteiger partial charge in [-0.2, -0.15) is 0 Å². The quantitative estimate of drug-likeness (QED) is 0.828. The van der Waals surface area contributed by atoms with Crippen LogP contribution in [0.4, 0.5) is 4.39 Å². The monoisotopic (exact) mass is 289 g/mol. The van der Waals surface area contributed by atoms with Crippen molar-refractivity contribution >= 4 is 9.84 Å². The van der Waals surface area contributed by atoms with E-state index in [0.29, 0.717) is 5.56 Å². The van der Waals surface area contributed by atoms with Crippen LogP contribution in [-0.4, -0.2) is 37.6 Å². The van der Waals surface area contributed by atoms with Crippen LogP contribution in [0.2, 0.25) is 0 Å². The van der Waals surface area contributed by atoms with Crippen LogP contribution in [-0.2, 0) is 9.84 Å². The summed E-state index contributed by atoms with van der Waals surface area (Å²) in [6.45, 7) is 3.70. The predicted octanol–water partition coefficient (Wildman–Crippen LogP) is 1.27. The van der Waals surface area contributed by atoms with Crippen molar-refractivity contribution in [2.24, 2.45) is 0 Å². The van der Waals surface area contributed by atoms with Gasteiger partial charge in [0, 0.05) is 19.3 Å². The standard InChI is InChI=1S/C13H20FNO3S/c1-13(2,19(3,17)18)9-15-8-12(16)10-4-6-11(14)7-5-10/h4-7,12,15-16H,8-9H2,1-3H3. The molecule has 1 rings (SSSR count). The minimum atomic E-state index is -3.16. The Hall–Kier alpha value is -0.980. The fraction of sp³-hybridized carbons (Fsp3) is 0.538. The summed E-state index contributed by atoms with van der Waals surface area (Å²) < 4.78 is 34.8. The number of hydrogen-bond acceptors (Lipinski definition) is 4. The van der Waals surface area contributed by atoms with E-state index in [1.54, 1.807) is 13.8 Å². The third kappa shape index (κ3) is 4.56. The first-order valence-corrected chi connectivity index (χ1v) is 7.86. The van der Waals surface area contributed by atoms with Gasteiger partial charge in [0.2, 0.25) is 0 Å². The molecule has 0 bridgehead atoms. The van der Waals surface area contributed by atoms with E-state index in [9.17, 15) is 17.9 Å². The molecule has 0 saturated carbocycles. The maximum Gasteiger partial charge on any atom is 0.153 e. The average Bonchev–Trinajstić information content (AvgIpc) is 2.28. The lowest BCUT2D eigenvalue weighted by molar-refractivity contribution is 0.174. The predicted molar refractivity (Wildman–Crippen MR) is 73.2 cm³/mol. The number of halogens is 1. The molecule has 19 heavy (non-hydrogen) atoms. The molecule has 0 spiro atoms. The zero-order valence-corrected chi connectivity index (χ0v) is 12.2. The smallest absolute Gasteiger partial charge is 0.153 e. The molecule has 1 atom stereocenters. The van der Waals surface area contributed by atoms with E-state index in [-0.39, 0.29) is 18.9 Å². The number of aliphatic hydroxyl groups is 1. The first-order valence-electron chi connectivity index (χ1n) is 5.97. The lowest BCUT2D eigenvalue weighted by atomic mass is 10.1. The Morgan fingerprint density at radius 3 is 2.32 bits per heavy atom. The molecule has 4 nitrogen and oxygen atoms in total. The van der Waals surface area contributed by atoms with Crippen molar-refractivity contribution in [1.29, 1.82) is 0 Å². The van der Waals surface area contributed by atoms with Crippen LogP contribution in [0, 0.1) is 5.82 Å². The van der Waals surface area contributed by atoms with E-state index in [2.05, 4.69) is 5.32 Å². The van der Waals surface area contributed by atoms with Gasteiger partial charge >= 0.3 is 0 Å². The van der Waals surface area contributed by atoms with Gasteiger partial charge in [0.05, 0.1) is 10.9 Å². The maximum atomic E-state index is 12.7. The zero-order chi connectivity index (χ0) is 14.7. The van der Waals surface area contributed by atoms with Gasteiger partial charge in [-0.3, -0.25) is 0 Å². The van der Waals surface area contributed by atoms with Crippen LogP contribution >= 0.6 is 0 Å². The zero-order valence-electron chi connectivity index (χ0n) is 11.4. The fourth-order valence-electron chi connectivity index (χ4n) is 1.44. The first-order chi connectivity index (χ1) is 8.63. The highest BCUT2D eigenvalue weighted by Gasteiger charge is 2.29. The van der Waals surface area contributed by atoms with Crippen molar-refractivity contribution in [1.82, 2.24) is 5.32 Å². The highest BCUT2D eigenvalue weighted by Crippen LogP contribution is 2.15. The van der Waals surface area contributed by atoms with Crippen molar-refractivity contribution in [3.63, 3.8) is 0 Å². The molecule has 0 aliphatic rings. The summed E-state index contributed by atoms with van der Waals surface area (Å²) in [5.74, 6) is -0.359. The molecule has 1 aromatic rings. The van der Waals surface area contributed by atoms with E-state index in [1.807, 2.05) is 0 Å². The lowest BCUT2D eigenvalue weighted by Gasteiger charge is -2.23. The van der Waals surface area contributed by atoms with Crippen molar-refractivity contribution in [2.75, 3.05) is 19.3 Å². The molecular formula is C13H20FNO3S. The summed E-state index contributed by atoms with van der Waals surface area (Å²) >= 11 is 0. The second-order valence-electron chi connectivity index (χ2n) is 5.23. The second-order valence-corrected chi connectivity index (χ2v) is 7.88. The Morgan fingerprint density at radius 1 is 1.32 bits per heavy atom. The summed E-state index contributed by atoms with van der Waals surface area (Å²) in [5.41, 5.74) is 0.589. The van der Waals surface area contributed by atoms with Crippen LogP contribution < -0.4 is 5.32 Å². The number of hydrogen-bond donors (Lipinski definition) is 2. The van der Waals surface area contributed by atoms with E-state index in [4.69, 9.17) is 0 Å². The number of aliphatic hydroxyl groups excluding tert-OH is 1. The molecule has 0 fully saturated rings. The Bertz CT molecular complexity index is 511. The Balaban J connectivity index is 2.52. The molecule has 1 unspecified atom stereocenters. The van der Waals surface area contributed by atoms with Crippen LogP contribution in [0.3, 0.4) is 0 Å². The Morgan fingerprint density at radius 2 is 1.84 bits per heavy atom. The van der Waals surface area contributed by atoms with E-state index in [0.717, 1.165) is 0 Å². The molecule has 0 aliphatic heterocycles. The Labute approximate surface area is 113 Å². The summed E-state index contributed by atoms with van der Waals surface area (Å²) in [6.07, 6.45) is 0.390. The topological polar surface area (TPSA) is 66.4 Å². The molecule has 0 heterocycles. The number of benzene rings is 1. The first kappa shape index (κ1) is 16.1. The SMILES string of the molecule is CC(C)(CNCC(O)c1ccc(F)cc1)S(C)(=O)=O. The van der Waals surface area contributed by atoms with Crippen molar-refractivity contribution in [2.45, 2.75) is 24.7 Å². The number of rotatable bonds is 6. The van der Waals surface area contributed by atoms with E-state index in [1.165, 1.54) is 30.5 Å². The minimum absolute atomic E-state index is 0.213. The van der Waals surface area contributed by atoms with E-state index >= 15 is 0 Å². The van der Waals surface area contributed by atoms with Crippen LogP contribution in [0.15, 0.2) is 24.3 Å². The molecule has 1 aromatic carbocycles. The van der Waals surface area contributed by atoms with Gasteiger partial charge < -0.3 is 10.4 Å². The second kappa shape index (κ2) is 5.98. The van der Waals surface area contributed by atoms with Gasteiger partial charge in [0.1, 0.15) is 5.82 Å². The van der Waals surface area contributed by atoms with Gasteiger partial charge in [-0.25, -0.2) is 12.8 Å². The van der Waals surface area contributed by atoms with Gasteiger partial charge in [0.25, 0.3) is 0 Å². The molecule has 0 radical (unpaired) electrons. The van der Waals surface area contributed by atoms with Crippen molar-refractivity contribution in [3.8, 4) is 0 Å². The van der Waals surface area contributed by atoms with Crippen molar-refractivity contribution in [3.05, 3.63) is 35.6 Å². The highest BCUT2D eigenvalue weighted by atomic mass is 32.2. The molecule has 0 aromatic heterocycles. The van der Waals surface area contributed by atoms with Crippen LogP contribution in [0.1, 0.15) is 25.5 Å². The summed E-state index contributed by atoms with van der Waals surface area (Å²) in [4.78, 5) is 0. The molecule has 0 saturated heterocycles. The van der Waals surface area contributed by atoms with Crippen LogP contribution in [0.5, 0.6) is 0 Å². The van der Waals surface area contributed by atoms with Gasteiger partial charge in [0.15, 0.2) is 9.84 Å². The van der Waals surface area contributed by atoms with Crippen molar-refractivity contribution < 1.29 is 17.9 Å². The van der Waals surface area contributed by atoms with Crippen LogP contribution in [0.25, 0.3) is 0 Å². The number of nitrogens with one attached hydrogen (secondary N) is 1. The molecule has 0 aliphatic carbocycles. The maximum absolute atomic E-state index is 12.7. The van der Waals surface area contributed by atoms with Gasteiger partial charge in [-0.15, -0.1) is 0 Å². The summed E-state index contributed by atoms with van der Waals surface area (Å²) in [5, 5.41) is 12.8. The Kier molecular flexibility index (Phi) is 5.06. The normalized spacial score (nSPS) is 14.4. The van der Waals surface area contributed by atoms with Gasteiger partial charge in [-0.1, -0.05) is 12.1 Å². The third-order valence-corrected chi connectivity index (χ3v) is 5.30. The third-order valence-electron chi connectivity index (χ3n) is 3.15.